The maximum Gasteiger partial charge on any atom is 0.0452 e. The molecule has 2 nitrogen and oxygen atoms in total. The summed E-state index contributed by atoms with van der Waals surface area (Å²) < 4.78 is 0. The fraction of sp³-hybridized carbons (Fsp3) is 0.571. The summed E-state index contributed by atoms with van der Waals surface area (Å²) in [6.07, 6.45) is 2.59. The molecule has 1 aliphatic heterocycles. The third-order valence-electron chi connectivity index (χ3n) is 3.50. The summed E-state index contributed by atoms with van der Waals surface area (Å²) in [5.41, 5.74) is 1.13. The van der Waals surface area contributed by atoms with E-state index in [4.69, 9.17) is 23.2 Å². The second kappa shape index (κ2) is 8.33. The Labute approximate surface area is 131 Å². The van der Waals surface area contributed by atoms with Crippen LogP contribution in [0, 0.1) is 5.92 Å². The molecule has 1 saturated heterocycles. The molecule has 1 aromatic rings. The van der Waals surface area contributed by atoms with Crippen LogP contribution in [-0.2, 0) is 6.54 Å². The van der Waals surface area contributed by atoms with Gasteiger partial charge in [0.1, 0.15) is 0 Å². The van der Waals surface area contributed by atoms with Crippen LogP contribution in [0.2, 0.25) is 10.0 Å². The summed E-state index contributed by atoms with van der Waals surface area (Å²) in [4.78, 5) is 2.48. The van der Waals surface area contributed by atoms with Gasteiger partial charge in [-0.15, -0.1) is 12.4 Å². The number of benzene rings is 1. The lowest BCUT2D eigenvalue weighted by Crippen LogP contribution is -2.38. The van der Waals surface area contributed by atoms with Crippen LogP contribution in [0.25, 0.3) is 0 Å². The Hall–Kier alpha value is 0.01000. The summed E-state index contributed by atoms with van der Waals surface area (Å²) in [6, 6.07) is 5.70. The topological polar surface area (TPSA) is 15.3 Å². The van der Waals surface area contributed by atoms with Gasteiger partial charge in [0.2, 0.25) is 0 Å². The lowest BCUT2D eigenvalue weighted by molar-refractivity contribution is 0.167. The van der Waals surface area contributed by atoms with Crippen LogP contribution in [0.3, 0.4) is 0 Å². The van der Waals surface area contributed by atoms with E-state index in [-0.39, 0.29) is 12.4 Å². The van der Waals surface area contributed by atoms with Crippen molar-refractivity contribution in [2.75, 3.05) is 26.7 Å². The minimum absolute atomic E-state index is 0. The van der Waals surface area contributed by atoms with Crippen molar-refractivity contribution >= 4 is 35.6 Å². The molecular formula is C14H21Cl3N2. The van der Waals surface area contributed by atoms with Gasteiger partial charge in [0.05, 0.1) is 0 Å². The minimum atomic E-state index is 0. The van der Waals surface area contributed by atoms with Gasteiger partial charge in [0.15, 0.2) is 0 Å². The lowest BCUT2D eigenvalue weighted by atomic mass is 9.97. The fourth-order valence-corrected chi connectivity index (χ4v) is 3.03. The van der Waals surface area contributed by atoms with E-state index in [0.717, 1.165) is 47.7 Å². The van der Waals surface area contributed by atoms with Crippen LogP contribution >= 0.6 is 35.6 Å². The van der Waals surface area contributed by atoms with Crippen molar-refractivity contribution in [2.45, 2.75) is 19.4 Å². The van der Waals surface area contributed by atoms with Gasteiger partial charge in [0.25, 0.3) is 0 Å². The summed E-state index contributed by atoms with van der Waals surface area (Å²) >= 11 is 12.2. The van der Waals surface area contributed by atoms with Crippen molar-refractivity contribution in [3.63, 3.8) is 0 Å². The Bertz CT molecular complexity index is 396. The van der Waals surface area contributed by atoms with Crippen molar-refractivity contribution in [1.82, 2.24) is 10.2 Å². The van der Waals surface area contributed by atoms with Crippen LogP contribution in [0.5, 0.6) is 0 Å². The molecule has 108 valence electrons. The first-order valence-electron chi connectivity index (χ1n) is 6.50. The van der Waals surface area contributed by atoms with Crippen LogP contribution in [0.15, 0.2) is 18.2 Å². The molecule has 0 aromatic heterocycles. The minimum Gasteiger partial charge on any atom is -0.319 e. The molecule has 19 heavy (non-hydrogen) atoms. The molecule has 2 rings (SSSR count). The van der Waals surface area contributed by atoms with Gasteiger partial charge in [-0.3, -0.25) is 4.90 Å². The van der Waals surface area contributed by atoms with E-state index in [1.165, 1.54) is 12.8 Å². The van der Waals surface area contributed by atoms with Crippen molar-refractivity contribution < 1.29 is 0 Å². The first-order valence-corrected chi connectivity index (χ1v) is 7.25. The highest BCUT2D eigenvalue weighted by Gasteiger charge is 2.19. The molecule has 5 heteroatoms. The Morgan fingerprint density at radius 1 is 1.37 bits per heavy atom. The van der Waals surface area contributed by atoms with E-state index in [2.05, 4.69) is 10.2 Å². The average molecular weight is 324 g/mol. The molecule has 1 aliphatic rings. The first-order chi connectivity index (χ1) is 8.69. The van der Waals surface area contributed by atoms with Crippen molar-refractivity contribution in [3.8, 4) is 0 Å². The van der Waals surface area contributed by atoms with Crippen molar-refractivity contribution in [3.05, 3.63) is 33.8 Å². The molecule has 0 amide bonds. The van der Waals surface area contributed by atoms with Crippen LogP contribution in [0.4, 0.5) is 0 Å². The number of halogens is 3. The maximum atomic E-state index is 6.22. The van der Waals surface area contributed by atoms with Gasteiger partial charge >= 0.3 is 0 Å². The smallest absolute Gasteiger partial charge is 0.0452 e. The quantitative estimate of drug-likeness (QED) is 0.905. The molecule has 0 aliphatic carbocycles. The van der Waals surface area contributed by atoms with Crippen LogP contribution < -0.4 is 5.32 Å². The van der Waals surface area contributed by atoms with Crippen LogP contribution in [0.1, 0.15) is 18.4 Å². The molecule has 0 bridgehead atoms. The molecule has 1 fully saturated rings. The van der Waals surface area contributed by atoms with E-state index < -0.39 is 0 Å². The second-order valence-corrected chi connectivity index (χ2v) is 5.88. The van der Waals surface area contributed by atoms with E-state index in [0.29, 0.717) is 0 Å². The predicted octanol–water partition coefficient (Wildman–Crippen LogP) is 3.85. The number of piperidine rings is 1. The molecular weight excluding hydrogens is 303 g/mol. The Morgan fingerprint density at radius 2 is 2.16 bits per heavy atom. The summed E-state index contributed by atoms with van der Waals surface area (Å²) in [5, 5.41) is 4.85. The number of nitrogens with one attached hydrogen (secondary N) is 1. The van der Waals surface area contributed by atoms with Gasteiger partial charge in [-0.2, -0.15) is 0 Å². The average Bonchev–Trinajstić information content (AvgIpc) is 2.35. The van der Waals surface area contributed by atoms with Gasteiger partial charge in [0, 0.05) is 23.1 Å². The second-order valence-electron chi connectivity index (χ2n) is 5.04. The summed E-state index contributed by atoms with van der Waals surface area (Å²) in [5.74, 6) is 0.752. The number of hydrogen-bond acceptors (Lipinski definition) is 2. The number of likely N-dealkylation sites (tertiary alicyclic amines) is 1. The lowest BCUT2D eigenvalue weighted by Gasteiger charge is -2.32. The SMILES string of the molecule is CNCC1CCCN(Cc2cc(Cl)ccc2Cl)C1.Cl. The summed E-state index contributed by atoms with van der Waals surface area (Å²) in [7, 11) is 2.02. The standard InChI is InChI=1S/C14H20Cl2N2.ClH/c1-17-8-11-3-2-6-18(9-11)10-12-7-13(15)4-5-14(12)16;/h4-5,7,11,17H,2-3,6,8-10H2,1H3;1H. The molecule has 1 unspecified atom stereocenters. The normalized spacial score (nSPS) is 20.1. The number of rotatable bonds is 4. The zero-order chi connectivity index (χ0) is 13.0. The van der Waals surface area contributed by atoms with Gasteiger partial charge in [-0.25, -0.2) is 0 Å². The van der Waals surface area contributed by atoms with Crippen molar-refractivity contribution in [2.24, 2.45) is 5.92 Å². The zero-order valence-electron chi connectivity index (χ0n) is 11.2. The van der Waals surface area contributed by atoms with E-state index in [9.17, 15) is 0 Å². The van der Waals surface area contributed by atoms with Gasteiger partial charge < -0.3 is 5.32 Å². The number of nitrogens with zero attached hydrogens (tertiary/aromatic N) is 1. The third kappa shape index (κ3) is 5.13. The van der Waals surface area contributed by atoms with E-state index >= 15 is 0 Å². The molecule has 0 spiro atoms. The molecule has 1 atom stereocenters. The first kappa shape index (κ1) is 17.1. The Kier molecular flexibility index (Phi) is 7.48. The highest BCUT2D eigenvalue weighted by Crippen LogP contribution is 2.24. The largest absolute Gasteiger partial charge is 0.319 e. The van der Waals surface area contributed by atoms with E-state index in [1.807, 2.05) is 25.2 Å². The molecule has 1 heterocycles. The molecule has 0 saturated carbocycles. The van der Waals surface area contributed by atoms with Crippen molar-refractivity contribution in [1.29, 1.82) is 0 Å². The zero-order valence-corrected chi connectivity index (χ0v) is 13.5. The predicted molar refractivity (Wildman–Crippen MR) is 85.6 cm³/mol. The summed E-state index contributed by atoms with van der Waals surface area (Å²) in [6.45, 7) is 4.30. The number of hydrogen-bond donors (Lipinski definition) is 1. The molecule has 1 N–H and O–H groups in total. The third-order valence-corrected chi connectivity index (χ3v) is 4.10. The fourth-order valence-electron chi connectivity index (χ4n) is 2.66. The highest BCUT2D eigenvalue weighted by atomic mass is 35.5. The van der Waals surface area contributed by atoms with Gasteiger partial charge in [-0.1, -0.05) is 23.2 Å². The molecule has 0 radical (unpaired) electrons. The highest BCUT2D eigenvalue weighted by molar-refractivity contribution is 6.33. The molecule has 1 aromatic carbocycles. The van der Waals surface area contributed by atoms with E-state index in [1.54, 1.807) is 0 Å². The monoisotopic (exact) mass is 322 g/mol. The Morgan fingerprint density at radius 3 is 2.89 bits per heavy atom. The Balaban J connectivity index is 0.00000180. The maximum absolute atomic E-state index is 6.22. The van der Waals surface area contributed by atoms with Crippen LogP contribution in [-0.4, -0.2) is 31.6 Å². The van der Waals surface area contributed by atoms with Gasteiger partial charge in [-0.05, 0) is 62.7 Å².